The Morgan fingerprint density at radius 2 is 2.29 bits per heavy atom. The van der Waals surface area contributed by atoms with Crippen molar-refractivity contribution in [1.29, 1.82) is 0 Å². The third kappa shape index (κ3) is 1.77. The highest BCUT2D eigenvalue weighted by molar-refractivity contribution is 5.85. The number of fused-ring (bicyclic) bond motifs is 2. The third-order valence-corrected chi connectivity index (χ3v) is 3.80. The summed E-state index contributed by atoms with van der Waals surface area (Å²) >= 11 is 0. The van der Waals surface area contributed by atoms with E-state index in [4.69, 9.17) is 0 Å². The number of carbonyl (C=O) groups is 1. The number of anilines is 2. The first-order valence-electron chi connectivity index (χ1n) is 6.26. The van der Waals surface area contributed by atoms with E-state index in [1.165, 1.54) is 0 Å². The average molecular weight is 231 g/mol. The lowest BCUT2D eigenvalue weighted by Gasteiger charge is -2.32. The standard InChI is InChI=1S/C13H17N3O/c1-8-12-9(4-2-6-11(12)17)16-10-5-3-7-14-13(10)15-8/h3,5,7-9,12,16H,2,4,6H2,1H3,(H,14,15). The number of aromatic nitrogens is 1. The Balaban J connectivity index is 1.97. The van der Waals surface area contributed by atoms with Gasteiger partial charge in [0.15, 0.2) is 0 Å². The molecule has 1 fully saturated rings. The van der Waals surface area contributed by atoms with E-state index in [1.54, 1.807) is 6.20 Å². The van der Waals surface area contributed by atoms with E-state index in [2.05, 4.69) is 22.5 Å². The number of hydrogen-bond acceptors (Lipinski definition) is 4. The largest absolute Gasteiger partial charge is 0.379 e. The number of pyridine rings is 1. The number of carbonyl (C=O) groups excluding carboxylic acids is 1. The zero-order valence-electron chi connectivity index (χ0n) is 9.94. The molecule has 0 spiro atoms. The highest BCUT2D eigenvalue weighted by Crippen LogP contribution is 2.33. The quantitative estimate of drug-likeness (QED) is 0.717. The average Bonchev–Trinajstić information content (AvgIpc) is 2.45. The molecule has 4 heteroatoms. The summed E-state index contributed by atoms with van der Waals surface area (Å²) in [4.78, 5) is 16.4. The summed E-state index contributed by atoms with van der Waals surface area (Å²) < 4.78 is 0. The summed E-state index contributed by atoms with van der Waals surface area (Å²) in [5, 5.41) is 6.83. The zero-order valence-corrected chi connectivity index (χ0v) is 9.94. The molecule has 1 aromatic rings. The molecule has 0 saturated heterocycles. The van der Waals surface area contributed by atoms with Crippen molar-refractivity contribution in [3.63, 3.8) is 0 Å². The molecule has 2 N–H and O–H groups in total. The molecule has 17 heavy (non-hydrogen) atoms. The minimum atomic E-state index is 0.0675. The van der Waals surface area contributed by atoms with Crippen molar-refractivity contribution in [1.82, 2.24) is 4.98 Å². The van der Waals surface area contributed by atoms with Crippen LogP contribution in [0.25, 0.3) is 0 Å². The van der Waals surface area contributed by atoms with Crippen molar-refractivity contribution in [2.75, 3.05) is 10.6 Å². The number of hydrogen-bond donors (Lipinski definition) is 2. The second kappa shape index (κ2) is 4.02. The SMILES string of the molecule is CC1Nc2ncccc2NC2CCCC(=O)C12. The Bertz CT molecular complexity index is 446. The zero-order chi connectivity index (χ0) is 11.8. The van der Waals surface area contributed by atoms with Crippen LogP contribution in [0.2, 0.25) is 0 Å². The molecule has 3 unspecified atom stereocenters. The van der Waals surface area contributed by atoms with Gasteiger partial charge in [0.25, 0.3) is 0 Å². The molecule has 2 heterocycles. The van der Waals surface area contributed by atoms with Crippen LogP contribution >= 0.6 is 0 Å². The molecule has 3 rings (SSSR count). The summed E-state index contributed by atoms with van der Waals surface area (Å²) in [6, 6.07) is 4.34. The Labute approximate surface area is 101 Å². The summed E-state index contributed by atoms with van der Waals surface area (Å²) in [6.07, 6.45) is 4.56. The Kier molecular flexibility index (Phi) is 2.50. The fourth-order valence-electron chi connectivity index (χ4n) is 3.00. The predicted octanol–water partition coefficient (Wildman–Crippen LogP) is 2.05. The lowest BCUT2D eigenvalue weighted by atomic mass is 9.79. The van der Waals surface area contributed by atoms with Gasteiger partial charge in [-0.25, -0.2) is 4.98 Å². The summed E-state index contributed by atoms with van der Waals surface area (Å²) in [5.41, 5.74) is 1.02. The molecule has 1 aromatic heterocycles. The summed E-state index contributed by atoms with van der Waals surface area (Å²) in [6.45, 7) is 2.08. The molecule has 0 amide bonds. The van der Waals surface area contributed by atoms with E-state index in [9.17, 15) is 4.79 Å². The van der Waals surface area contributed by atoms with Crippen LogP contribution in [0, 0.1) is 5.92 Å². The molecular weight excluding hydrogens is 214 g/mol. The highest BCUT2D eigenvalue weighted by atomic mass is 16.1. The topological polar surface area (TPSA) is 54.0 Å². The van der Waals surface area contributed by atoms with Crippen molar-refractivity contribution >= 4 is 17.3 Å². The first-order chi connectivity index (χ1) is 8.25. The van der Waals surface area contributed by atoms with E-state index >= 15 is 0 Å². The Morgan fingerprint density at radius 1 is 1.41 bits per heavy atom. The van der Waals surface area contributed by atoms with Crippen molar-refractivity contribution in [2.24, 2.45) is 5.92 Å². The molecule has 1 aliphatic carbocycles. The van der Waals surface area contributed by atoms with Crippen LogP contribution in [0.15, 0.2) is 18.3 Å². The molecule has 90 valence electrons. The van der Waals surface area contributed by atoms with Gasteiger partial charge in [-0.2, -0.15) is 0 Å². The maximum absolute atomic E-state index is 12.0. The van der Waals surface area contributed by atoms with Gasteiger partial charge in [-0.1, -0.05) is 0 Å². The summed E-state index contributed by atoms with van der Waals surface area (Å²) in [5.74, 6) is 1.31. The van der Waals surface area contributed by atoms with Crippen molar-refractivity contribution in [3.05, 3.63) is 18.3 Å². The van der Waals surface area contributed by atoms with Crippen molar-refractivity contribution < 1.29 is 4.79 Å². The van der Waals surface area contributed by atoms with Crippen LogP contribution in [-0.4, -0.2) is 22.9 Å². The predicted molar refractivity (Wildman–Crippen MR) is 67.1 cm³/mol. The molecule has 0 bridgehead atoms. The van der Waals surface area contributed by atoms with Crippen LogP contribution in [0.4, 0.5) is 11.5 Å². The van der Waals surface area contributed by atoms with Gasteiger partial charge in [0, 0.05) is 24.7 Å². The fraction of sp³-hybridized carbons (Fsp3) is 0.538. The van der Waals surface area contributed by atoms with Crippen LogP contribution in [0.5, 0.6) is 0 Å². The van der Waals surface area contributed by atoms with Crippen molar-refractivity contribution in [2.45, 2.75) is 38.3 Å². The third-order valence-electron chi connectivity index (χ3n) is 3.80. The van der Waals surface area contributed by atoms with Gasteiger partial charge in [0.1, 0.15) is 11.6 Å². The first-order valence-corrected chi connectivity index (χ1v) is 6.26. The lowest BCUT2D eigenvalue weighted by molar-refractivity contribution is -0.125. The fourth-order valence-corrected chi connectivity index (χ4v) is 3.00. The van der Waals surface area contributed by atoms with E-state index in [0.29, 0.717) is 5.78 Å². The number of ketones is 1. The molecule has 1 saturated carbocycles. The monoisotopic (exact) mass is 231 g/mol. The van der Waals surface area contributed by atoms with Gasteiger partial charge in [0.05, 0.1) is 11.6 Å². The van der Waals surface area contributed by atoms with Gasteiger partial charge in [0.2, 0.25) is 0 Å². The molecule has 0 radical (unpaired) electrons. The number of Topliss-reactive ketones (excluding diaryl/α,β-unsaturated/α-hetero) is 1. The Hall–Kier alpha value is -1.58. The van der Waals surface area contributed by atoms with E-state index in [1.807, 2.05) is 12.1 Å². The number of rotatable bonds is 0. The molecule has 0 aromatic carbocycles. The Morgan fingerprint density at radius 3 is 3.18 bits per heavy atom. The smallest absolute Gasteiger partial charge is 0.149 e. The summed E-state index contributed by atoms with van der Waals surface area (Å²) in [7, 11) is 0. The minimum Gasteiger partial charge on any atom is -0.379 e. The lowest BCUT2D eigenvalue weighted by Crippen LogP contribution is -2.44. The van der Waals surface area contributed by atoms with E-state index < -0.39 is 0 Å². The molecule has 3 atom stereocenters. The normalized spacial score (nSPS) is 31.6. The van der Waals surface area contributed by atoms with Crippen LogP contribution in [-0.2, 0) is 4.79 Å². The van der Waals surface area contributed by atoms with E-state index in [-0.39, 0.29) is 18.0 Å². The van der Waals surface area contributed by atoms with Gasteiger partial charge in [-0.15, -0.1) is 0 Å². The van der Waals surface area contributed by atoms with Gasteiger partial charge in [-0.05, 0) is 31.9 Å². The molecule has 4 nitrogen and oxygen atoms in total. The van der Waals surface area contributed by atoms with Crippen LogP contribution < -0.4 is 10.6 Å². The minimum absolute atomic E-state index is 0.0675. The van der Waals surface area contributed by atoms with E-state index in [0.717, 1.165) is 30.8 Å². The second-order valence-corrected chi connectivity index (χ2v) is 4.97. The van der Waals surface area contributed by atoms with Gasteiger partial charge < -0.3 is 10.6 Å². The van der Waals surface area contributed by atoms with Gasteiger partial charge >= 0.3 is 0 Å². The van der Waals surface area contributed by atoms with Crippen molar-refractivity contribution in [3.8, 4) is 0 Å². The number of nitrogens with zero attached hydrogens (tertiary/aromatic N) is 1. The van der Waals surface area contributed by atoms with Crippen LogP contribution in [0.3, 0.4) is 0 Å². The number of nitrogens with one attached hydrogen (secondary N) is 2. The first kappa shape index (κ1) is 10.6. The maximum Gasteiger partial charge on any atom is 0.149 e. The maximum atomic E-state index is 12.0. The molecule has 1 aliphatic heterocycles. The molecular formula is C13H17N3O. The second-order valence-electron chi connectivity index (χ2n) is 4.97. The highest BCUT2D eigenvalue weighted by Gasteiger charge is 2.38. The molecule has 2 aliphatic rings. The van der Waals surface area contributed by atoms with Gasteiger partial charge in [-0.3, -0.25) is 4.79 Å². The van der Waals surface area contributed by atoms with Crippen LogP contribution in [0.1, 0.15) is 26.2 Å².